The Morgan fingerprint density at radius 2 is 2.14 bits per heavy atom. The Bertz CT molecular complexity index is 614. The topological polar surface area (TPSA) is 38.2 Å². The Hall–Kier alpha value is -2.10. The van der Waals surface area contributed by atoms with E-state index < -0.39 is 0 Å². The normalized spacial score (nSPS) is 18.0. The highest BCUT2D eigenvalue weighted by molar-refractivity contribution is 5.44. The predicted molar refractivity (Wildman–Crippen MR) is 84.0 cm³/mol. The highest BCUT2D eigenvalue weighted by Gasteiger charge is 2.26. The van der Waals surface area contributed by atoms with Gasteiger partial charge in [0.25, 0.3) is 0 Å². The van der Waals surface area contributed by atoms with Gasteiger partial charge >= 0.3 is 0 Å². The van der Waals surface area contributed by atoms with Gasteiger partial charge < -0.3 is 9.64 Å². The molecule has 0 aliphatic carbocycles. The van der Waals surface area contributed by atoms with Gasteiger partial charge in [-0.3, -0.25) is 0 Å². The van der Waals surface area contributed by atoms with Crippen LogP contribution in [-0.2, 0) is 6.42 Å². The van der Waals surface area contributed by atoms with E-state index in [-0.39, 0.29) is 0 Å². The molecule has 0 saturated carbocycles. The number of benzene rings is 1. The Labute approximate surface area is 125 Å². The van der Waals surface area contributed by atoms with Crippen LogP contribution in [0.2, 0.25) is 0 Å². The van der Waals surface area contributed by atoms with Gasteiger partial charge in [-0.1, -0.05) is 25.1 Å². The molecule has 1 unspecified atom stereocenters. The first kappa shape index (κ1) is 13.9. The first-order valence-corrected chi connectivity index (χ1v) is 7.50. The highest BCUT2D eigenvalue weighted by atomic mass is 16.5. The molecule has 1 saturated heterocycles. The lowest BCUT2D eigenvalue weighted by Gasteiger charge is -2.18. The Morgan fingerprint density at radius 3 is 2.95 bits per heavy atom. The summed E-state index contributed by atoms with van der Waals surface area (Å²) in [4.78, 5) is 11.0. The van der Waals surface area contributed by atoms with E-state index in [1.165, 1.54) is 5.56 Å². The molecule has 21 heavy (non-hydrogen) atoms. The number of methoxy groups -OCH3 is 1. The Morgan fingerprint density at radius 1 is 1.29 bits per heavy atom. The van der Waals surface area contributed by atoms with Crippen molar-refractivity contribution in [3.63, 3.8) is 0 Å². The van der Waals surface area contributed by atoms with Crippen molar-refractivity contribution in [2.24, 2.45) is 0 Å². The number of ether oxygens (including phenoxy) is 1. The fourth-order valence-corrected chi connectivity index (χ4v) is 2.98. The summed E-state index contributed by atoms with van der Waals surface area (Å²) in [7, 11) is 1.74. The van der Waals surface area contributed by atoms with Crippen LogP contribution in [-0.4, -0.2) is 30.2 Å². The summed E-state index contributed by atoms with van der Waals surface area (Å²) < 4.78 is 5.49. The molecule has 2 heterocycles. The van der Waals surface area contributed by atoms with Gasteiger partial charge in [-0.2, -0.15) is 0 Å². The van der Waals surface area contributed by atoms with E-state index in [1.807, 2.05) is 12.1 Å². The number of aryl methyl sites for hydroxylation is 1. The third-order valence-corrected chi connectivity index (χ3v) is 4.16. The smallest absolute Gasteiger partial charge is 0.132 e. The molecule has 1 aliphatic heterocycles. The monoisotopic (exact) mass is 283 g/mol. The molecule has 0 amide bonds. The fraction of sp³-hybridized carbons (Fsp3) is 0.412. The van der Waals surface area contributed by atoms with Crippen LogP contribution in [0.3, 0.4) is 0 Å². The average molecular weight is 283 g/mol. The first-order chi connectivity index (χ1) is 10.3. The van der Waals surface area contributed by atoms with E-state index in [4.69, 9.17) is 4.74 Å². The highest BCUT2D eigenvalue weighted by Crippen LogP contribution is 2.34. The molecule has 0 N–H and O–H groups in total. The number of hydrogen-bond acceptors (Lipinski definition) is 4. The maximum atomic E-state index is 5.49. The van der Waals surface area contributed by atoms with E-state index in [0.29, 0.717) is 5.92 Å². The fourth-order valence-electron chi connectivity index (χ4n) is 2.98. The molecule has 0 bridgehead atoms. The summed E-state index contributed by atoms with van der Waals surface area (Å²) in [6.07, 6.45) is 3.75. The lowest BCUT2D eigenvalue weighted by atomic mass is 9.97. The SMILES string of the molecule is CCc1cc(N2CCC(c3ccccc3OC)C2)ncn1. The molecule has 1 atom stereocenters. The van der Waals surface area contributed by atoms with E-state index in [0.717, 1.165) is 43.2 Å². The Balaban J connectivity index is 1.78. The van der Waals surface area contributed by atoms with Crippen molar-refractivity contribution in [1.29, 1.82) is 0 Å². The molecule has 110 valence electrons. The van der Waals surface area contributed by atoms with Crippen LogP contribution >= 0.6 is 0 Å². The molecule has 1 aromatic heterocycles. The molecule has 3 rings (SSSR count). The van der Waals surface area contributed by atoms with Gasteiger partial charge in [0.05, 0.1) is 7.11 Å². The van der Waals surface area contributed by atoms with Gasteiger partial charge in [-0.05, 0) is 24.5 Å². The molecule has 0 spiro atoms. The van der Waals surface area contributed by atoms with Crippen LogP contribution in [0.4, 0.5) is 5.82 Å². The van der Waals surface area contributed by atoms with Gasteiger partial charge in [-0.15, -0.1) is 0 Å². The summed E-state index contributed by atoms with van der Waals surface area (Å²) in [5.74, 6) is 2.53. The van der Waals surface area contributed by atoms with Crippen molar-refractivity contribution in [3.05, 3.63) is 47.9 Å². The molecule has 4 heteroatoms. The minimum Gasteiger partial charge on any atom is -0.496 e. The molecule has 1 fully saturated rings. The quantitative estimate of drug-likeness (QED) is 0.864. The zero-order valence-electron chi connectivity index (χ0n) is 12.6. The zero-order valence-corrected chi connectivity index (χ0v) is 12.6. The lowest BCUT2D eigenvalue weighted by Crippen LogP contribution is -2.20. The van der Waals surface area contributed by atoms with Crippen LogP contribution in [0, 0.1) is 0 Å². The van der Waals surface area contributed by atoms with Crippen molar-refractivity contribution in [1.82, 2.24) is 9.97 Å². The van der Waals surface area contributed by atoms with E-state index in [2.05, 4.69) is 40.0 Å². The maximum Gasteiger partial charge on any atom is 0.132 e. The molecular weight excluding hydrogens is 262 g/mol. The Kier molecular flexibility index (Phi) is 4.04. The second kappa shape index (κ2) is 6.12. The van der Waals surface area contributed by atoms with Crippen LogP contribution < -0.4 is 9.64 Å². The predicted octanol–water partition coefficient (Wildman–Crippen LogP) is 3.04. The summed E-state index contributed by atoms with van der Waals surface area (Å²) in [5, 5.41) is 0. The minimum absolute atomic E-state index is 0.501. The minimum atomic E-state index is 0.501. The molecular formula is C17H21N3O. The molecule has 2 aromatic rings. The van der Waals surface area contributed by atoms with Crippen LogP contribution in [0.5, 0.6) is 5.75 Å². The van der Waals surface area contributed by atoms with Crippen molar-refractivity contribution in [2.75, 3.05) is 25.1 Å². The molecule has 0 radical (unpaired) electrons. The molecule has 4 nitrogen and oxygen atoms in total. The van der Waals surface area contributed by atoms with Crippen LogP contribution in [0.25, 0.3) is 0 Å². The van der Waals surface area contributed by atoms with Gasteiger partial charge in [0.1, 0.15) is 17.9 Å². The summed E-state index contributed by atoms with van der Waals surface area (Å²) in [6, 6.07) is 10.4. The van der Waals surface area contributed by atoms with Crippen molar-refractivity contribution in [3.8, 4) is 5.75 Å². The third-order valence-electron chi connectivity index (χ3n) is 4.16. The number of hydrogen-bond donors (Lipinski definition) is 0. The second-order valence-electron chi connectivity index (χ2n) is 5.39. The summed E-state index contributed by atoms with van der Waals surface area (Å²) in [5.41, 5.74) is 2.40. The number of nitrogens with zero attached hydrogens (tertiary/aromatic N) is 3. The number of anilines is 1. The summed E-state index contributed by atoms with van der Waals surface area (Å²) >= 11 is 0. The van der Waals surface area contributed by atoms with E-state index in [1.54, 1.807) is 13.4 Å². The van der Waals surface area contributed by atoms with Gasteiger partial charge in [0.15, 0.2) is 0 Å². The van der Waals surface area contributed by atoms with Crippen molar-refractivity contribution >= 4 is 5.82 Å². The first-order valence-electron chi connectivity index (χ1n) is 7.50. The van der Waals surface area contributed by atoms with Crippen molar-refractivity contribution in [2.45, 2.75) is 25.7 Å². The zero-order chi connectivity index (χ0) is 14.7. The summed E-state index contributed by atoms with van der Waals surface area (Å²) in [6.45, 7) is 4.14. The van der Waals surface area contributed by atoms with E-state index in [9.17, 15) is 0 Å². The van der Waals surface area contributed by atoms with Crippen LogP contribution in [0.15, 0.2) is 36.7 Å². The molecule has 1 aromatic carbocycles. The van der Waals surface area contributed by atoms with Gasteiger partial charge in [-0.25, -0.2) is 9.97 Å². The van der Waals surface area contributed by atoms with Gasteiger partial charge in [0.2, 0.25) is 0 Å². The van der Waals surface area contributed by atoms with Gasteiger partial charge in [0, 0.05) is 30.8 Å². The number of aromatic nitrogens is 2. The largest absolute Gasteiger partial charge is 0.496 e. The number of para-hydroxylation sites is 1. The van der Waals surface area contributed by atoms with E-state index >= 15 is 0 Å². The van der Waals surface area contributed by atoms with Crippen LogP contribution in [0.1, 0.15) is 30.5 Å². The average Bonchev–Trinajstić information content (AvgIpc) is 3.04. The second-order valence-corrected chi connectivity index (χ2v) is 5.39. The third kappa shape index (κ3) is 2.84. The standard InChI is InChI=1S/C17H21N3O/c1-3-14-10-17(19-12-18-14)20-9-8-13(11-20)15-6-4-5-7-16(15)21-2/h4-7,10,12-13H,3,8-9,11H2,1-2H3. The maximum absolute atomic E-state index is 5.49. The molecule has 1 aliphatic rings. The number of rotatable bonds is 4. The lowest BCUT2D eigenvalue weighted by molar-refractivity contribution is 0.406. The van der Waals surface area contributed by atoms with Crippen molar-refractivity contribution < 1.29 is 4.74 Å².